The van der Waals surface area contributed by atoms with Crippen LogP contribution in [0.4, 0.5) is 5.95 Å². The van der Waals surface area contributed by atoms with Gasteiger partial charge in [-0.05, 0) is 12.5 Å². The maximum atomic E-state index is 11.8. The first-order chi connectivity index (χ1) is 7.68. The maximum absolute atomic E-state index is 11.8. The summed E-state index contributed by atoms with van der Waals surface area (Å²) < 4.78 is 0. The molecule has 1 aromatic heterocycles. The molecule has 0 N–H and O–H groups in total. The minimum Gasteiger partial charge on any atom is -0.349 e. The predicted molar refractivity (Wildman–Crippen MR) is 61.0 cm³/mol. The highest BCUT2D eigenvalue weighted by atomic mass is 16.2. The van der Waals surface area contributed by atoms with E-state index in [4.69, 9.17) is 0 Å². The molecule has 1 saturated heterocycles. The Hall–Kier alpha value is -1.65. The van der Waals surface area contributed by atoms with Crippen molar-refractivity contribution in [2.24, 2.45) is 5.92 Å². The van der Waals surface area contributed by atoms with Crippen LogP contribution in [0.1, 0.15) is 6.42 Å². The Bertz CT molecular complexity index is 366. The molecule has 16 heavy (non-hydrogen) atoms. The molecule has 1 unspecified atom stereocenters. The highest BCUT2D eigenvalue weighted by Crippen LogP contribution is 2.21. The average Bonchev–Trinajstić information content (AvgIpc) is 2.78. The zero-order valence-electron chi connectivity index (χ0n) is 9.63. The number of anilines is 1. The van der Waals surface area contributed by atoms with Gasteiger partial charge in [-0.1, -0.05) is 0 Å². The van der Waals surface area contributed by atoms with Crippen LogP contribution in [0, 0.1) is 5.92 Å². The Labute approximate surface area is 95.1 Å². The van der Waals surface area contributed by atoms with Crippen molar-refractivity contribution in [2.75, 3.05) is 32.1 Å². The molecular formula is C11H16N4O. The topological polar surface area (TPSA) is 49.3 Å². The lowest BCUT2D eigenvalue weighted by Crippen LogP contribution is -2.32. The summed E-state index contributed by atoms with van der Waals surface area (Å²) in [5.74, 6) is 0.994. The fraction of sp³-hybridized carbons (Fsp3) is 0.545. The molecule has 1 amide bonds. The monoisotopic (exact) mass is 220 g/mol. The number of carbonyl (C=O) groups excluding carboxylic acids is 1. The molecule has 0 spiro atoms. The van der Waals surface area contributed by atoms with E-state index in [0.29, 0.717) is 0 Å². The van der Waals surface area contributed by atoms with Crippen LogP contribution in [0.3, 0.4) is 0 Å². The van der Waals surface area contributed by atoms with Gasteiger partial charge in [0.05, 0.1) is 5.92 Å². The third-order valence-corrected chi connectivity index (χ3v) is 2.81. The van der Waals surface area contributed by atoms with Crippen LogP contribution in [-0.4, -0.2) is 48.0 Å². The summed E-state index contributed by atoms with van der Waals surface area (Å²) in [4.78, 5) is 23.9. The maximum Gasteiger partial charge on any atom is 0.227 e. The lowest BCUT2D eigenvalue weighted by Gasteiger charge is -2.17. The van der Waals surface area contributed by atoms with Gasteiger partial charge in [0.25, 0.3) is 0 Å². The molecule has 2 rings (SSSR count). The van der Waals surface area contributed by atoms with Gasteiger partial charge in [-0.2, -0.15) is 0 Å². The van der Waals surface area contributed by atoms with E-state index >= 15 is 0 Å². The summed E-state index contributed by atoms with van der Waals surface area (Å²) in [6.07, 6.45) is 4.34. The lowest BCUT2D eigenvalue weighted by atomic mass is 10.1. The summed E-state index contributed by atoms with van der Waals surface area (Å²) >= 11 is 0. The Morgan fingerprint density at radius 2 is 2.12 bits per heavy atom. The van der Waals surface area contributed by atoms with Crippen molar-refractivity contribution >= 4 is 11.9 Å². The Morgan fingerprint density at radius 3 is 2.75 bits per heavy atom. The van der Waals surface area contributed by atoms with Crippen LogP contribution in [0.5, 0.6) is 0 Å². The molecule has 1 atom stereocenters. The summed E-state index contributed by atoms with van der Waals surface area (Å²) in [7, 11) is 3.59. The highest BCUT2D eigenvalue weighted by Gasteiger charge is 2.30. The summed E-state index contributed by atoms with van der Waals surface area (Å²) in [5, 5.41) is 0. The van der Waals surface area contributed by atoms with Crippen LogP contribution >= 0.6 is 0 Å². The highest BCUT2D eigenvalue weighted by molar-refractivity contribution is 5.79. The molecule has 0 aliphatic carbocycles. The molecule has 86 valence electrons. The third kappa shape index (κ3) is 2.13. The summed E-state index contributed by atoms with van der Waals surface area (Å²) in [6.45, 7) is 1.58. The first-order valence-electron chi connectivity index (χ1n) is 5.41. The fourth-order valence-electron chi connectivity index (χ4n) is 1.96. The summed E-state index contributed by atoms with van der Waals surface area (Å²) in [6, 6.07) is 1.79. The second-order valence-electron chi connectivity index (χ2n) is 4.21. The SMILES string of the molecule is CN(C)C(=O)C1CCN(c2ncccn2)C1. The van der Waals surface area contributed by atoms with E-state index in [1.54, 1.807) is 37.5 Å². The first kappa shape index (κ1) is 10.9. The standard InChI is InChI=1S/C11H16N4O/c1-14(2)10(16)9-4-7-15(8-9)11-12-5-3-6-13-11/h3,5-6,9H,4,7-8H2,1-2H3. The zero-order valence-corrected chi connectivity index (χ0v) is 9.63. The van der Waals surface area contributed by atoms with E-state index in [2.05, 4.69) is 14.9 Å². The molecule has 1 aromatic rings. The molecule has 0 saturated carbocycles. The van der Waals surface area contributed by atoms with Crippen molar-refractivity contribution < 1.29 is 4.79 Å². The van der Waals surface area contributed by atoms with Crippen LogP contribution < -0.4 is 4.90 Å². The molecule has 1 fully saturated rings. The molecule has 1 aliphatic rings. The minimum atomic E-state index is 0.0822. The van der Waals surface area contributed by atoms with E-state index in [0.717, 1.165) is 25.5 Å². The van der Waals surface area contributed by atoms with E-state index in [9.17, 15) is 4.79 Å². The van der Waals surface area contributed by atoms with Gasteiger partial charge in [-0.3, -0.25) is 4.79 Å². The van der Waals surface area contributed by atoms with Gasteiger partial charge in [0, 0.05) is 39.6 Å². The quantitative estimate of drug-likeness (QED) is 0.723. The largest absolute Gasteiger partial charge is 0.349 e. The van der Waals surface area contributed by atoms with Crippen molar-refractivity contribution in [3.05, 3.63) is 18.5 Å². The third-order valence-electron chi connectivity index (χ3n) is 2.81. The molecular weight excluding hydrogens is 204 g/mol. The van der Waals surface area contributed by atoms with Crippen molar-refractivity contribution in [1.82, 2.24) is 14.9 Å². The number of amides is 1. The van der Waals surface area contributed by atoms with Crippen LogP contribution in [-0.2, 0) is 4.79 Å². The number of nitrogens with zero attached hydrogens (tertiary/aromatic N) is 4. The number of carbonyl (C=O) groups is 1. The van der Waals surface area contributed by atoms with Gasteiger partial charge in [0.15, 0.2) is 0 Å². The van der Waals surface area contributed by atoms with Gasteiger partial charge >= 0.3 is 0 Å². The second-order valence-corrected chi connectivity index (χ2v) is 4.21. The number of rotatable bonds is 2. The van der Waals surface area contributed by atoms with Gasteiger partial charge in [-0.25, -0.2) is 9.97 Å². The number of hydrogen-bond acceptors (Lipinski definition) is 4. The summed E-state index contributed by atoms with van der Waals surface area (Å²) in [5.41, 5.74) is 0. The van der Waals surface area contributed by atoms with E-state index in [-0.39, 0.29) is 11.8 Å². The van der Waals surface area contributed by atoms with Crippen molar-refractivity contribution in [3.8, 4) is 0 Å². The Balaban J connectivity index is 2.01. The molecule has 0 aromatic carbocycles. The van der Waals surface area contributed by atoms with Gasteiger partial charge in [0.2, 0.25) is 11.9 Å². The lowest BCUT2D eigenvalue weighted by molar-refractivity contribution is -0.132. The van der Waals surface area contributed by atoms with Gasteiger partial charge in [-0.15, -0.1) is 0 Å². The molecule has 2 heterocycles. The molecule has 5 heteroatoms. The Morgan fingerprint density at radius 1 is 1.44 bits per heavy atom. The normalized spacial score (nSPS) is 19.9. The number of hydrogen-bond donors (Lipinski definition) is 0. The zero-order chi connectivity index (χ0) is 11.5. The van der Waals surface area contributed by atoms with E-state index in [1.165, 1.54) is 0 Å². The van der Waals surface area contributed by atoms with Crippen LogP contribution in [0.15, 0.2) is 18.5 Å². The minimum absolute atomic E-state index is 0.0822. The van der Waals surface area contributed by atoms with Crippen molar-refractivity contribution in [3.63, 3.8) is 0 Å². The van der Waals surface area contributed by atoms with Crippen molar-refractivity contribution in [1.29, 1.82) is 0 Å². The van der Waals surface area contributed by atoms with Gasteiger partial charge in [0.1, 0.15) is 0 Å². The Kier molecular flexibility index (Phi) is 3.03. The average molecular weight is 220 g/mol. The molecule has 0 bridgehead atoms. The molecule has 0 radical (unpaired) electrons. The predicted octanol–water partition coefficient (Wildman–Crippen LogP) is 0.391. The molecule has 5 nitrogen and oxygen atoms in total. The first-order valence-corrected chi connectivity index (χ1v) is 5.41. The fourth-order valence-corrected chi connectivity index (χ4v) is 1.96. The van der Waals surface area contributed by atoms with E-state index in [1.807, 2.05) is 0 Å². The van der Waals surface area contributed by atoms with Crippen LogP contribution in [0.25, 0.3) is 0 Å². The van der Waals surface area contributed by atoms with Crippen LogP contribution in [0.2, 0.25) is 0 Å². The van der Waals surface area contributed by atoms with E-state index < -0.39 is 0 Å². The van der Waals surface area contributed by atoms with Gasteiger partial charge < -0.3 is 9.80 Å². The molecule has 1 aliphatic heterocycles. The van der Waals surface area contributed by atoms with Crippen molar-refractivity contribution in [2.45, 2.75) is 6.42 Å². The second kappa shape index (κ2) is 4.47. The smallest absolute Gasteiger partial charge is 0.227 e. The number of aromatic nitrogens is 2.